The van der Waals surface area contributed by atoms with Gasteiger partial charge in [-0.25, -0.2) is 9.78 Å². The van der Waals surface area contributed by atoms with Gasteiger partial charge >= 0.3 is 6.03 Å². The lowest BCUT2D eigenvalue weighted by atomic mass is 9.87. The molecule has 3 aromatic carbocycles. The largest absolute Gasteiger partial charge is 0.344 e. The normalized spacial score (nSPS) is 17.9. The lowest BCUT2D eigenvalue weighted by Crippen LogP contribution is -2.48. The molecule has 0 saturated carbocycles. The molecule has 0 aliphatic carbocycles. The Morgan fingerprint density at radius 1 is 0.970 bits per heavy atom. The molecular formula is C25H21N5O3. The van der Waals surface area contributed by atoms with E-state index in [2.05, 4.69) is 15.7 Å². The summed E-state index contributed by atoms with van der Waals surface area (Å²) < 4.78 is 1.92. The highest BCUT2D eigenvalue weighted by atomic mass is 16.2. The molecule has 1 fully saturated rings. The second-order valence-corrected chi connectivity index (χ2v) is 7.79. The Labute approximate surface area is 189 Å². The average Bonchev–Trinajstić information content (AvgIpc) is 3.39. The molecule has 0 bridgehead atoms. The Morgan fingerprint density at radius 2 is 1.67 bits per heavy atom. The van der Waals surface area contributed by atoms with E-state index in [0.29, 0.717) is 17.5 Å². The fourth-order valence-electron chi connectivity index (χ4n) is 4.14. The van der Waals surface area contributed by atoms with Crippen molar-refractivity contribution in [2.45, 2.75) is 18.9 Å². The topological polar surface area (TPSA) is 96.3 Å². The van der Waals surface area contributed by atoms with E-state index in [1.54, 1.807) is 54.9 Å². The van der Waals surface area contributed by atoms with Crippen molar-refractivity contribution in [3.05, 3.63) is 96.3 Å². The quantitative estimate of drug-likeness (QED) is 0.465. The van der Waals surface area contributed by atoms with E-state index in [1.807, 2.05) is 41.8 Å². The summed E-state index contributed by atoms with van der Waals surface area (Å²) in [6, 6.07) is 23.0. The molecule has 1 aliphatic rings. The molecule has 0 radical (unpaired) electrons. The number of nitrogens with zero attached hydrogens (tertiary/aromatic N) is 3. The van der Waals surface area contributed by atoms with E-state index >= 15 is 0 Å². The number of imide groups is 1. The molecule has 1 saturated heterocycles. The molecule has 4 aromatic rings. The predicted molar refractivity (Wildman–Crippen MR) is 122 cm³/mol. The fourth-order valence-corrected chi connectivity index (χ4v) is 4.14. The number of hydrazine groups is 1. The number of nitrogens with one attached hydrogen (secondary N) is 2. The van der Waals surface area contributed by atoms with Gasteiger partial charge in [-0.3, -0.25) is 19.6 Å². The molecular weight excluding hydrogens is 418 g/mol. The number of fused-ring (bicyclic) bond motifs is 1. The summed E-state index contributed by atoms with van der Waals surface area (Å²) >= 11 is 0. The molecule has 2 N–H and O–H groups in total. The number of aromatic nitrogens is 2. The van der Waals surface area contributed by atoms with Crippen molar-refractivity contribution in [2.24, 2.45) is 0 Å². The number of imidazole rings is 1. The van der Waals surface area contributed by atoms with Gasteiger partial charge in [0.05, 0.1) is 11.0 Å². The number of para-hydroxylation sites is 2. The number of carbonyl (C=O) groups excluding carboxylic acids is 3. The van der Waals surface area contributed by atoms with Crippen molar-refractivity contribution in [1.29, 1.82) is 0 Å². The van der Waals surface area contributed by atoms with Crippen LogP contribution in [0.3, 0.4) is 0 Å². The number of urea groups is 1. The number of benzene rings is 3. The van der Waals surface area contributed by atoms with Gasteiger partial charge in [0, 0.05) is 11.3 Å². The number of hydrogen-bond donors (Lipinski definition) is 2. The third kappa shape index (κ3) is 3.32. The van der Waals surface area contributed by atoms with Crippen molar-refractivity contribution >= 4 is 28.9 Å². The van der Waals surface area contributed by atoms with Gasteiger partial charge in [-0.15, -0.1) is 0 Å². The van der Waals surface area contributed by atoms with E-state index in [-0.39, 0.29) is 0 Å². The van der Waals surface area contributed by atoms with Crippen molar-refractivity contribution in [3.8, 4) is 5.69 Å². The summed E-state index contributed by atoms with van der Waals surface area (Å²) in [4.78, 5) is 43.0. The Hall–Kier alpha value is -4.46. The lowest BCUT2D eigenvalue weighted by Gasteiger charge is -2.25. The molecule has 5 rings (SSSR count). The van der Waals surface area contributed by atoms with E-state index < -0.39 is 23.4 Å². The van der Waals surface area contributed by atoms with Gasteiger partial charge in [-0.2, -0.15) is 5.01 Å². The van der Waals surface area contributed by atoms with Crippen molar-refractivity contribution in [3.63, 3.8) is 0 Å². The fraction of sp³-hybridized carbons (Fsp3) is 0.120. The number of carbonyl (C=O) groups is 3. The van der Waals surface area contributed by atoms with Crippen LogP contribution in [0.15, 0.2) is 85.2 Å². The van der Waals surface area contributed by atoms with Crippen LogP contribution in [-0.4, -0.2) is 32.4 Å². The van der Waals surface area contributed by atoms with Gasteiger partial charge in [-0.05, 0) is 48.4 Å². The highest BCUT2D eigenvalue weighted by Crippen LogP contribution is 2.31. The summed E-state index contributed by atoms with van der Waals surface area (Å²) in [5.41, 5.74) is 4.88. The third-order valence-corrected chi connectivity index (χ3v) is 5.96. The van der Waals surface area contributed by atoms with Crippen LogP contribution in [0, 0.1) is 0 Å². The zero-order chi connectivity index (χ0) is 23.0. The standard InChI is InChI=1S/C25H21N5O3/c1-2-25(18-8-4-3-5-9-18)23(32)30(24(33)27-25)28-22(31)17-12-14-19(15-13-17)29-16-26-20-10-6-7-11-21(20)29/h3-16H,2H2,1H3,(H,27,33)(H,28,31). The second-order valence-electron chi connectivity index (χ2n) is 7.79. The minimum Gasteiger partial charge on any atom is -0.318 e. The van der Waals surface area contributed by atoms with Gasteiger partial charge in [0.15, 0.2) is 0 Å². The van der Waals surface area contributed by atoms with Gasteiger partial charge in [0.25, 0.3) is 11.8 Å². The van der Waals surface area contributed by atoms with E-state index in [1.165, 1.54) is 0 Å². The molecule has 4 amide bonds. The van der Waals surface area contributed by atoms with Crippen LogP contribution in [-0.2, 0) is 10.3 Å². The van der Waals surface area contributed by atoms with Gasteiger partial charge < -0.3 is 5.32 Å². The van der Waals surface area contributed by atoms with Crippen molar-refractivity contribution in [2.75, 3.05) is 0 Å². The maximum Gasteiger partial charge on any atom is 0.344 e. The Balaban J connectivity index is 1.36. The maximum absolute atomic E-state index is 13.2. The molecule has 8 heteroatoms. The van der Waals surface area contributed by atoms with Crippen molar-refractivity contribution in [1.82, 2.24) is 25.3 Å². The molecule has 33 heavy (non-hydrogen) atoms. The van der Waals surface area contributed by atoms with E-state index in [4.69, 9.17) is 0 Å². The number of rotatable bonds is 5. The first-order valence-corrected chi connectivity index (χ1v) is 10.6. The number of amides is 4. The molecule has 0 spiro atoms. The van der Waals surface area contributed by atoms with Crippen LogP contribution in [0.5, 0.6) is 0 Å². The molecule has 8 nitrogen and oxygen atoms in total. The van der Waals surface area contributed by atoms with Crippen LogP contribution < -0.4 is 10.7 Å². The highest BCUT2D eigenvalue weighted by molar-refractivity contribution is 6.09. The summed E-state index contributed by atoms with van der Waals surface area (Å²) in [6.07, 6.45) is 2.07. The lowest BCUT2D eigenvalue weighted by molar-refractivity contribution is -0.133. The third-order valence-electron chi connectivity index (χ3n) is 5.96. The molecule has 2 heterocycles. The first-order chi connectivity index (χ1) is 16.0. The average molecular weight is 439 g/mol. The summed E-state index contributed by atoms with van der Waals surface area (Å²) in [5.74, 6) is -1.07. The molecule has 1 aromatic heterocycles. The second kappa shape index (κ2) is 7.90. The first kappa shape index (κ1) is 20.4. The van der Waals surface area contributed by atoms with Crippen LogP contribution >= 0.6 is 0 Å². The minimum absolute atomic E-state index is 0.317. The monoisotopic (exact) mass is 439 g/mol. The Morgan fingerprint density at radius 3 is 2.39 bits per heavy atom. The van der Waals surface area contributed by atoms with Gasteiger partial charge in [-0.1, -0.05) is 49.4 Å². The minimum atomic E-state index is -1.21. The SMILES string of the molecule is CCC1(c2ccccc2)NC(=O)N(NC(=O)c2ccc(-n3cnc4ccccc43)cc2)C1=O. The zero-order valence-corrected chi connectivity index (χ0v) is 17.9. The van der Waals surface area contributed by atoms with Gasteiger partial charge in [0.1, 0.15) is 11.9 Å². The summed E-state index contributed by atoms with van der Waals surface area (Å²) in [5, 5.41) is 3.51. The summed E-state index contributed by atoms with van der Waals surface area (Å²) in [6.45, 7) is 1.81. The zero-order valence-electron chi connectivity index (χ0n) is 17.9. The van der Waals surface area contributed by atoms with Crippen LogP contribution in [0.2, 0.25) is 0 Å². The predicted octanol–water partition coefficient (Wildman–Crippen LogP) is 3.53. The molecule has 1 unspecified atom stereocenters. The summed E-state index contributed by atoms with van der Waals surface area (Å²) in [7, 11) is 0. The Bertz CT molecular complexity index is 1360. The van der Waals surface area contributed by atoms with E-state index in [9.17, 15) is 14.4 Å². The van der Waals surface area contributed by atoms with Crippen molar-refractivity contribution < 1.29 is 14.4 Å². The number of hydrogen-bond acceptors (Lipinski definition) is 4. The van der Waals surface area contributed by atoms with Crippen LogP contribution in [0.1, 0.15) is 29.3 Å². The molecule has 1 aliphatic heterocycles. The van der Waals surface area contributed by atoms with Crippen LogP contribution in [0.25, 0.3) is 16.7 Å². The Kier molecular flexibility index (Phi) is 4.90. The maximum atomic E-state index is 13.2. The first-order valence-electron chi connectivity index (χ1n) is 10.6. The van der Waals surface area contributed by atoms with Gasteiger partial charge in [0.2, 0.25) is 0 Å². The van der Waals surface area contributed by atoms with E-state index in [0.717, 1.165) is 21.7 Å². The molecule has 164 valence electrons. The smallest absolute Gasteiger partial charge is 0.318 e. The highest BCUT2D eigenvalue weighted by Gasteiger charge is 2.52. The molecule has 1 atom stereocenters. The van der Waals surface area contributed by atoms with Crippen LogP contribution in [0.4, 0.5) is 4.79 Å².